The zero-order valence-corrected chi connectivity index (χ0v) is 15.1. The molecule has 4 nitrogen and oxygen atoms in total. The van der Waals surface area contributed by atoms with E-state index in [2.05, 4.69) is 25.2 Å². The van der Waals surface area contributed by atoms with Gasteiger partial charge in [0.05, 0.1) is 20.2 Å². The van der Waals surface area contributed by atoms with Crippen LogP contribution in [0.25, 0.3) is 0 Å². The first-order valence-electron chi connectivity index (χ1n) is 8.61. The number of methoxy groups -OCH3 is 1. The molecule has 134 valence electrons. The van der Waals surface area contributed by atoms with Gasteiger partial charge >= 0.3 is 0 Å². The van der Waals surface area contributed by atoms with Crippen molar-refractivity contribution in [2.24, 2.45) is 0 Å². The third-order valence-electron chi connectivity index (χ3n) is 4.41. The maximum atomic E-state index is 13.8. The monoisotopic (exact) mass is 345 g/mol. The van der Waals surface area contributed by atoms with E-state index in [4.69, 9.17) is 4.74 Å². The molecule has 25 heavy (non-hydrogen) atoms. The topological polar surface area (TPSA) is 42.8 Å². The Kier molecular flexibility index (Phi) is 6.95. The molecule has 0 atom stereocenters. The van der Waals surface area contributed by atoms with Crippen molar-refractivity contribution in [1.82, 2.24) is 5.32 Å². The zero-order valence-electron chi connectivity index (χ0n) is 15.1. The summed E-state index contributed by atoms with van der Waals surface area (Å²) < 4.78 is 18.6. The van der Waals surface area contributed by atoms with E-state index in [1.807, 2.05) is 18.2 Å². The normalized spacial score (nSPS) is 10.8. The van der Waals surface area contributed by atoms with Gasteiger partial charge < -0.3 is 15.0 Å². The van der Waals surface area contributed by atoms with E-state index < -0.39 is 5.82 Å². The summed E-state index contributed by atoms with van der Waals surface area (Å²) in [7, 11) is 1.40. The summed E-state index contributed by atoms with van der Waals surface area (Å²) in [5, 5.41) is 2.87. The average molecular weight is 345 g/mol. The quantitative estimate of drug-likeness (QED) is 0.770. The molecule has 0 spiro atoms. The number of hydrogen-bond acceptors (Lipinski definition) is 2. The number of hydrogen-bond donors (Lipinski definition) is 2. The zero-order chi connectivity index (χ0) is 18.2. The van der Waals surface area contributed by atoms with Crippen LogP contribution < -0.4 is 15.0 Å². The lowest BCUT2D eigenvalue weighted by molar-refractivity contribution is -0.910. The fourth-order valence-electron chi connectivity index (χ4n) is 2.76. The Hall–Kier alpha value is -2.40. The molecule has 0 heterocycles. The van der Waals surface area contributed by atoms with Crippen molar-refractivity contribution < 1.29 is 18.8 Å². The maximum Gasteiger partial charge on any atom is 0.251 e. The summed E-state index contributed by atoms with van der Waals surface area (Å²) in [6, 6.07) is 12.3. The van der Waals surface area contributed by atoms with Crippen molar-refractivity contribution in [3.05, 3.63) is 65.0 Å². The van der Waals surface area contributed by atoms with Gasteiger partial charge in [0.1, 0.15) is 6.54 Å². The van der Waals surface area contributed by atoms with Crippen molar-refractivity contribution in [2.75, 3.05) is 20.2 Å². The smallest absolute Gasteiger partial charge is 0.251 e. The minimum atomic E-state index is -0.541. The van der Waals surface area contributed by atoms with Crippen LogP contribution >= 0.6 is 0 Å². The first-order chi connectivity index (χ1) is 12.1. The number of ether oxygens (including phenoxy) is 1. The first kappa shape index (κ1) is 18.9. The predicted molar refractivity (Wildman–Crippen MR) is 96.3 cm³/mol. The molecule has 0 aromatic heterocycles. The minimum Gasteiger partial charge on any atom is -0.494 e. The molecule has 0 fully saturated rings. The van der Waals surface area contributed by atoms with Crippen LogP contribution in [0.4, 0.5) is 4.39 Å². The highest BCUT2D eigenvalue weighted by Gasteiger charge is 2.12. The molecule has 0 aliphatic rings. The second-order valence-corrected chi connectivity index (χ2v) is 5.93. The summed E-state index contributed by atoms with van der Waals surface area (Å²) >= 11 is 0. The van der Waals surface area contributed by atoms with Gasteiger partial charge in [-0.05, 0) is 37.6 Å². The molecule has 0 unspecified atom stereocenters. The largest absolute Gasteiger partial charge is 0.494 e. The third kappa shape index (κ3) is 5.03. The Bertz CT molecular complexity index is 715. The highest BCUT2D eigenvalue weighted by atomic mass is 19.1. The van der Waals surface area contributed by atoms with E-state index in [0.29, 0.717) is 6.54 Å². The van der Waals surface area contributed by atoms with Crippen molar-refractivity contribution in [3.8, 4) is 5.75 Å². The average Bonchev–Trinajstić information content (AvgIpc) is 2.64. The molecule has 2 rings (SSSR count). The van der Waals surface area contributed by atoms with Gasteiger partial charge in [0.2, 0.25) is 0 Å². The van der Waals surface area contributed by atoms with Crippen molar-refractivity contribution in [3.63, 3.8) is 0 Å². The number of carbonyl (C=O) groups is 1. The molecular formula is C20H26FN2O2+. The number of carbonyl (C=O) groups excluding carboxylic acids is 1. The molecule has 0 bridgehead atoms. The highest BCUT2D eigenvalue weighted by Crippen LogP contribution is 2.17. The molecule has 0 saturated heterocycles. The molecule has 0 saturated carbocycles. The van der Waals surface area contributed by atoms with Crippen LogP contribution in [-0.4, -0.2) is 26.1 Å². The fraction of sp³-hybridized carbons (Fsp3) is 0.350. The van der Waals surface area contributed by atoms with Gasteiger partial charge in [0.25, 0.3) is 5.91 Å². The van der Waals surface area contributed by atoms with Crippen molar-refractivity contribution in [1.29, 1.82) is 0 Å². The van der Waals surface area contributed by atoms with Crippen molar-refractivity contribution in [2.45, 2.75) is 26.9 Å². The Morgan fingerprint density at radius 3 is 2.40 bits per heavy atom. The lowest BCUT2D eigenvalue weighted by Gasteiger charge is -2.18. The van der Waals surface area contributed by atoms with Gasteiger partial charge in [-0.2, -0.15) is 0 Å². The van der Waals surface area contributed by atoms with E-state index in [0.717, 1.165) is 25.2 Å². The van der Waals surface area contributed by atoms with E-state index in [1.54, 1.807) is 6.07 Å². The number of amides is 1. The van der Waals surface area contributed by atoms with E-state index in [-0.39, 0.29) is 17.2 Å². The molecule has 0 aliphatic carbocycles. The summed E-state index contributed by atoms with van der Waals surface area (Å²) in [6.07, 6.45) is 0. The lowest BCUT2D eigenvalue weighted by Crippen LogP contribution is -3.10. The van der Waals surface area contributed by atoms with Crippen LogP contribution in [0.1, 0.15) is 35.3 Å². The third-order valence-corrected chi connectivity index (χ3v) is 4.41. The first-order valence-corrected chi connectivity index (χ1v) is 8.61. The fourth-order valence-corrected chi connectivity index (χ4v) is 2.76. The Labute approximate surface area is 148 Å². The molecule has 5 heteroatoms. The van der Waals surface area contributed by atoms with Crippen molar-refractivity contribution >= 4 is 5.91 Å². The van der Waals surface area contributed by atoms with E-state index in [9.17, 15) is 9.18 Å². The van der Waals surface area contributed by atoms with Gasteiger partial charge in [-0.15, -0.1) is 0 Å². The number of benzene rings is 2. The van der Waals surface area contributed by atoms with Crippen LogP contribution in [0.15, 0.2) is 42.5 Å². The summed E-state index contributed by atoms with van der Waals surface area (Å²) in [6.45, 7) is 7.80. The molecular weight excluding hydrogens is 319 g/mol. The van der Waals surface area contributed by atoms with Gasteiger partial charge in [-0.3, -0.25) is 4.79 Å². The second-order valence-electron chi connectivity index (χ2n) is 5.93. The van der Waals surface area contributed by atoms with E-state index in [1.165, 1.54) is 29.7 Å². The minimum absolute atomic E-state index is 0.129. The molecule has 2 N–H and O–H groups in total. The van der Waals surface area contributed by atoms with Crippen LogP contribution in [0.3, 0.4) is 0 Å². The highest BCUT2D eigenvalue weighted by molar-refractivity contribution is 5.94. The van der Waals surface area contributed by atoms with Crippen LogP contribution in [0.2, 0.25) is 0 Å². The van der Waals surface area contributed by atoms with Crippen LogP contribution in [0.5, 0.6) is 5.75 Å². The summed E-state index contributed by atoms with van der Waals surface area (Å²) in [5.74, 6) is -0.712. The van der Waals surface area contributed by atoms with Gasteiger partial charge in [0.15, 0.2) is 11.6 Å². The van der Waals surface area contributed by atoms with E-state index >= 15 is 0 Å². The number of quaternary nitrogens is 1. The number of nitrogens with one attached hydrogen (secondary N) is 2. The second kappa shape index (κ2) is 9.18. The molecule has 2 aromatic rings. The lowest BCUT2D eigenvalue weighted by atomic mass is 10.1. The number of rotatable bonds is 8. The molecule has 0 radical (unpaired) electrons. The van der Waals surface area contributed by atoms with Gasteiger partial charge in [-0.25, -0.2) is 4.39 Å². The molecule has 2 aromatic carbocycles. The van der Waals surface area contributed by atoms with Crippen LogP contribution in [-0.2, 0) is 13.1 Å². The molecule has 1 amide bonds. The maximum absolute atomic E-state index is 13.8. The Morgan fingerprint density at radius 2 is 1.80 bits per heavy atom. The Balaban J connectivity index is 2.06. The SMILES string of the molecule is CC[NH+](CC)Cc1ccccc1CNC(=O)c1ccc(OC)c(F)c1. The van der Waals surface area contributed by atoms with Crippen LogP contribution in [0, 0.1) is 5.82 Å². The standard InChI is InChI=1S/C20H25FN2O2/c1-4-23(5-2)14-17-9-7-6-8-16(17)13-22-20(24)15-10-11-19(25-3)18(21)12-15/h6-12H,4-5,13-14H2,1-3H3,(H,22,24)/p+1. The van der Waals surface area contributed by atoms with Gasteiger partial charge in [0, 0.05) is 17.7 Å². The number of halogens is 1. The Morgan fingerprint density at radius 1 is 1.12 bits per heavy atom. The summed E-state index contributed by atoms with van der Waals surface area (Å²) in [5.41, 5.74) is 2.59. The summed E-state index contributed by atoms with van der Waals surface area (Å²) in [4.78, 5) is 13.8. The molecule has 0 aliphatic heterocycles. The predicted octanol–water partition coefficient (Wildman–Crippen LogP) is 2.19. The van der Waals surface area contributed by atoms with Gasteiger partial charge in [-0.1, -0.05) is 24.3 Å².